The Balaban J connectivity index is 2.30. The van der Waals surface area contributed by atoms with E-state index in [0.717, 1.165) is 11.4 Å². The van der Waals surface area contributed by atoms with Crippen molar-refractivity contribution in [2.45, 2.75) is 6.92 Å². The van der Waals surface area contributed by atoms with E-state index in [1.807, 2.05) is 6.92 Å². The van der Waals surface area contributed by atoms with Crippen molar-refractivity contribution < 1.29 is 4.79 Å². The lowest BCUT2D eigenvalue weighted by Gasteiger charge is -2.18. The number of hydrogen-bond donors (Lipinski definition) is 1. The summed E-state index contributed by atoms with van der Waals surface area (Å²) in [4.78, 5) is 18.3. The van der Waals surface area contributed by atoms with Crippen LogP contribution in [0.25, 0.3) is 0 Å². The van der Waals surface area contributed by atoms with E-state index in [1.165, 1.54) is 0 Å². The quantitative estimate of drug-likeness (QED) is 0.938. The molecule has 1 N–H and O–H groups in total. The summed E-state index contributed by atoms with van der Waals surface area (Å²) in [5.74, 6) is 0.535. The number of amides is 1. The highest BCUT2D eigenvalue weighted by molar-refractivity contribution is 6.06. The minimum Gasteiger partial charge on any atom is -0.373 e. The van der Waals surface area contributed by atoms with Crippen LogP contribution in [0.5, 0.6) is 0 Å². The molecule has 0 saturated heterocycles. The Morgan fingerprint density at radius 3 is 2.52 bits per heavy atom. The largest absolute Gasteiger partial charge is 0.373 e. The van der Waals surface area contributed by atoms with Gasteiger partial charge in [-0.2, -0.15) is 5.26 Å². The zero-order chi connectivity index (χ0) is 15.4. The number of carbonyl (C=O) groups excluding carboxylic acids is 1. The molecule has 0 spiro atoms. The van der Waals surface area contributed by atoms with Crippen molar-refractivity contribution in [2.75, 3.05) is 24.3 Å². The molecule has 0 bridgehead atoms. The van der Waals surface area contributed by atoms with Crippen LogP contribution in [0, 0.1) is 18.3 Å². The second-order valence-corrected chi connectivity index (χ2v) is 4.66. The number of nitrogens with zero attached hydrogens (tertiary/aromatic N) is 3. The van der Waals surface area contributed by atoms with Crippen molar-refractivity contribution in [2.24, 2.45) is 0 Å². The summed E-state index contributed by atoms with van der Waals surface area (Å²) in [7, 11) is 3.47. The van der Waals surface area contributed by atoms with Crippen LogP contribution in [-0.2, 0) is 0 Å². The van der Waals surface area contributed by atoms with Gasteiger partial charge in [-0.15, -0.1) is 0 Å². The Morgan fingerprint density at radius 2 is 1.95 bits per heavy atom. The van der Waals surface area contributed by atoms with Crippen LogP contribution < -0.4 is 10.2 Å². The highest BCUT2D eigenvalue weighted by Gasteiger charge is 2.15. The standard InChI is InChI=1S/C16H16N4O/c1-11-8-13(9-15(18-2)19-11)16(21)20(3)14-6-4-12(10-17)5-7-14/h4-9H,1-3H3,(H,18,19). The number of hydrogen-bond acceptors (Lipinski definition) is 4. The average molecular weight is 280 g/mol. The molecule has 2 rings (SSSR count). The molecule has 0 aliphatic carbocycles. The Bertz CT molecular complexity index is 701. The first-order chi connectivity index (χ1) is 10.0. The van der Waals surface area contributed by atoms with Crippen molar-refractivity contribution >= 4 is 17.4 Å². The third-order valence-corrected chi connectivity index (χ3v) is 3.14. The Kier molecular flexibility index (Phi) is 4.19. The normalized spacial score (nSPS) is 9.81. The number of aromatic nitrogens is 1. The summed E-state index contributed by atoms with van der Waals surface area (Å²) in [6, 6.07) is 12.4. The fourth-order valence-electron chi connectivity index (χ4n) is 1.99. The maximum Gasteiger partial charge on any atom is 0.258 e. The molecular weight excluding hydrogens is 264 g/mol. The average Bonchev–Trinajstić information content (AvgIpc) is 2.52. The minimum atomic E-state index is -0.123. The summed E-state index contributed by atoms with van der Waals surface area (Å²) in [6.07, 6.45) is 0. The van der Waals surface area contributed by atoms with Gasteiger partial charge in [0.25, 0.3) is 5.91 Å². The van der Waals surface area contributed by atoms with E-state index >= 15 is 0 Å². The summed E-state index contributed by atoms with van der Waals surface area (Å²) in [6.45, 7) is 1.85. The molecule has 106 valence electrons. The molecule has 5 nitrogen and oxygen atoms in total. The van der Waals surface area contributed by atoms with E-state index in [-0.39, 0.29) is 5.91 Å². The van der Waals surface area contributed by atoms with Gasteiger partial charge in [0.1, 0.15) is 5.82 Å². The van der Waals surface area contributed by atoms with E-state index in [4.69, 9.17) is 5.26 Å². The third-order valence-electron chi connectivity index (χ3n) is 3.14. The molecule has 0 fully saturated rings. The fraction of sp³-hybridized carbons (Fsp3) is 0.188. The van der Waals surface area contributed by atoms with Gasteiger partial charge in [0.15, 0.2) is 0 Å². The van der Waals surface area contributed by atoms with Gasteiger partial charge in [0, 0.05) is 31.0 Å². The zero-order valence-electron chi connectivity index (χ0n) is 12.2. The maximum absolute atomic E-state index is 12.5. The van der Waals surface area contributed by atoms with Crippen molar-refractivity contribution in [1.29, 1.82) is 5.26 Å². The van der Waals surface area contributed by atoms with Crippen LogP contribution in [-0.4, -0.2) is 25.0 Å². The zero-order valence-corrected chi connectivity index (χ0v) is 12.2. The van der Waals surface area contributed by atoms with Crippen LogP contribution in [0.15, 0.2) is 36.4 Å². The van der Waals surface area contributed by atoms with Gasteiger partial charge in [-0.1, -0.05) is 0 Å². The molecule has 0 aliphatic rings. The smallest absolute Gasteiger partial charge is 0.258 e. The first-order valence-electron chi connectivity index (χ1n) is 6.50. The molecule has 1 amide bonds. The van der Waals surface area contributed by atoms with Crippen LogP contribution in [0.2, 0.25) is 0 Å². The molecule has 0 saturated carbocycles. The van der Waals surface area contributed by atoms with E-state index < -0.39 is 0 Å². The molecule has 0 aliphatic heterocycles. The van der Waals surface area contributed by atoms with Crippen LogP contribution >= 0.6 is 0 Å². The Labute approximate surface area is 123 Å². The van der Waals surface area contributed by atoms with Crippen molar-refractivity contribution in [3.63, 3.8) is 0 Å². The number of carbonyl (C=O) groups is 1. The molecule has 0 radical (unpaired) electrons. The number of pyridine rings is 1. The van der Waals surface area contributed by atoms with Gasteiger partial charge in [0.2, 0.25) is 0 Å². The number of nitriles is 1. The second-order valence-electron chi connectivity index (χ2n) is 4.66. The van der Waals surface area contributed by atoms with Crippen LogP contribution in [0.1, 0.15) is 21.6 Å². The van der Waals surface area contributed by atoms with Crippen molar-refractivity contribution in [3.05, 3.63) is 53.2 Å². The highest BCUT2D eigenvalue weighted by Crippen LogP contribution is 2.18. The van der Waals surface area contributed by atoms with Gasteiger partial charge in [-0.25, -0.2) is 4.98 Å². The maximum atomic E-state index is 12.5. The van der Waals surface area contributed by atoms with Gasteiger partial charge in [0.05, 0.1) is 11.6 Å². The summed E-state index contributed by atoms with van der Waals surface area (Å²) < 4.78 is 0. The fourth-order valence-corrected chi connectivity index (χ4v) is 1.99. The number of rotatable bonds is 3. The molecule has 0 unspecified atom stereocenters. The number of aryl methyl sites for hydroxylation is 1. The minimum absolute atomic E-state index is 0.123. The number of benzene rings is 1. The summed E-state index contributed by atoms with van der Waals surface area (Å²) in [5, 5.41) is 11.7. The molecule has 2 aromatic rings. The number of nitrogens with one attached hydrogen (secondary N) is 1. The van der Waals surface area contributed by atoms with E-state index in [9.17, 15) is 4.79 Å². The van der Waals surface area contributed by atoms with Gasteiger partial charge >= 0.3 is 0 Å². The van der Waals surface area contributed by atoms with Gasteiger partial charge in [-0.3, -0.25) is 4.79 Å². The first kappa shape index (κ1) is 14.5. The molecule has 5 heteroatoms. The summed E-state index contributed by atoms with van der Waals surface area (Å²) >= 11 is 0. The molecular formula is C16H16N4O. The highest BCUT2D eigenvalue weighted by atomic mass is 16.2. The van der Waals surface area contributed by atoms with Crippen molar-refractivity contribution in [3.8, 4) is 6.07 Å². The van der Waals surface area contributed by atoms with E-state index in [1.54, 1.807) is 55.4 Å². The lowest BCUT2D eigenvalue weighted by Crippen LogP contribution is -2.26. The third kappa shape index (κ3) is 3.18. The van der Waals surface area contributed by atoms with E-state index in [0.29, 0.717) is 16.9 Å². The summed E-state index contributed by atoms with van der Waals surface area (Å²) in [5.41, 5.74) is 2.65. The monoisotopic (exact) mass is 280 g/mol. The second kappa shape index (κ2) is 6.06. The first-order valence-corrected chi connectivity index (χ1v) is 6.50. The predicted molar refractivity (Wildman–Crippen MR) is 82.4 cm³/mol. The molecule has 21 heavy (non-hydrogen) atoms. The predicted octanol–water partition coefficient (Wildman–Crippen LogP) is 2.58. The topological polar surface area (TPSA) is 69.0 Å². The Hall–Kier alpha value is -2.87. The molecule has 1 aromatic heterocycles. The molecule has 1 heterocycles. The van der Waals surface area contributed by atoms with Gasteiger partial charge < -0.3 is 10.2 Å². The molecule has 0 atom stereocenters. The van der Waals surface area contributed by atoms with Crippen molar-refractivity contribution in [1.82, 2.24) is 4.98 Å². The van der Waals surface area contributed by atoms with E-state index in [2.05, 4.69) is 16.4 Å². The van der Waals surface area contributed by atoms with Crippen LogP contribution in [0.3, 0.4) is 0 Å². The lowest BCUT2D eigenvalue weighted by atomic mass is 10.1. The van der Waals surface area contributed by atoms with Gasteiger partial charge in [-0.05, 0) is 43.3 Å². The number of anilines is 2. The molecule has 1 aromatic carbocycles. The lowest BCUT2D eigenvalue weighted by molar-refractivity contribution is 0.0993. The van der Waals surface area contributed by atoms with Crippen LogP contribution in [0.4, 0.5) is 11.5 Å². The SMILES string of the molecule is CNc1cc(C(=O)N(C)c2ccc(C#N)cc2)cc(C)n1. The Morgan fingerprint density at radius 1 is 1.29 bits per heavy atom.